The number of hydrogen-bond donors (Lipinski definition) is 0. The van der Waals surface area contributed by atoms with Crippen molar-refractivity contribution in [3.63, 3.8) is 0 Å². The van der Waals surface area contributed by atoms with Crippen LogP contribution in [0.3, 0.4) is 0 Å². The first-order chi connectivity index (χ1) is 17.3. The van der Waals surface area contributed by atoms with Crippen molar-refractivity contribution in [3.8, 4) is 5.75 Å². The Hall–Kier alpha value is -3.88. The molecule has 0 aliphatic carbocycles. The highest BCUT2D eigenvalue weighted by atomic mass is 32.2. The zero-order valence-electron chi connectivity index (χ0n) is 19.2. The average molecular weight is 516 g/mol. The largest absolute Gasteiger partial charge is 0.378 e. The van der Waals surface area contributed by atoms with E-state index in [1.807, 2.05) is 61.5 Å². The Morgan fingerprint density at radius 2 is 1.56 bits per heavy atom. The molecule has 1 heterocycles. The summed E-state index contributed by atoms with van der Waals surface area (Å²) in [5.41, 5.74) is 2.17. The number of nitrogens with zero attached hydrogens (tertiary/aromatic N) is 1. The summed E-state index contributed by atoms with van der Waals surface area (Å²) in [6.07, 6.45) is 1.54. The van der Waals surface area contributed by atoms with Crippen LogP contribution >= 0.6 is 11.8 Å². The smallest absolute Gasteiger partial charge is 0.339 e. The number of fused-ring (bicyclic) bond motifs is 1. The van der Waals surface area contributed by atoms with Crippen molar-refractivity contribution in [3.05, 3.63) is 113 Å². The van der Waals surface area contributed by atoms with Gasteiger partial charge in [0.2, 0.25) is 0 Å². The van der Waals surface area contributed by atoms with Gasteiger partial charge in [0.25, 0.3) is 11.1 Å². The Kier molecular flexibility index (Phi) is 6.38. The lowest BCUT2D eigenvalue weighted by Gasteiger charge is -2.13. The van der Waals surface area contributed by atoms with Crippen molar-refractivity contribution in [2.75, 3.05) is 0 Å². The number of aryl methyl sites for hydroxylation is 1. The molecule has 0 N–H and O–H groups in total. The average Bonchev–Trinajstić information content (AvgIpc) is 3.13. The van der Waals surface area contributed by atoms with E-state index in [1.54, 1.807) is 24.3 Å². The molecule has 2 amide bonds. The highest BCUT2D eigenvalue weighted by Crippen LogP contribution is 2.38. The molecule has 4 aromatic rings. The van der Waals surface area contributed by atoms with Crippen LogP contribution in [0.25, 0.3) is 16.8 Å². The fourth-order valence-electron chi connectivity index (χ4n) is 3.90. The lowest BCUT2D eigenvalue weighted by Crippen LogP contribution is -2.27. The van der Waals surface area contributed by atoms with Gasteiger partial charge in [0, 0.05) is 5.56 Å². The van der Waals surface area contributed by atoms with Crippen LogP contribution in [-0.2, 0) is 21.5 Å². The van der Waals surface area contributed by atoms with E-state index in [1.165, 1.54) is 23.1 Å². The van der Waals surface area contributed by atoms with Crippen LogP contribution < -0.4 is 4.18 Å². The quantitative estimate of drug-likeness (QED) is 0.226. The number of amides is 2. The number of imide groups is 1. The van der Waals surface area contributed by atoms with E-state index in [-0.39, 0.29) is 27.3 Å². The summed E-state index contributed by atoms with van der Waals surface area (Å²) in [6, 6.07) is 26.3. The molecule has 0 saturated carbocycles. The molecular weight excluding hydrogens is 494 g/mol. The fraction of sp³-hybridized carbons (Fsp3) is 0.0714. The van der Waals surface area contributed by atoms with Crippen molar-refractivity contribution >= 4 is 49.9 Å². The second-order valence-electron chi connectivity index (χ2n) is 8.30. The summed E-state index contributed by atoms with van der Waals surface area (Å²) >= 11 is 0.823. The van der Waals surface area contributed by atoms with Gasteiger partial charge in [-0.1, -0.05) is 78.4 Å². The SMILES string of the molecule is Cc1ccc(S(=O)(=O)Oc2ccc3ccccc3c2/C=C2\SC(=O)N(Cc3ccccc3)C2=O)cc1. The normalized spacial score (nSPS) is 15.1. The van der Waals surface area contributed by atoms with Crippen LogP contribution in [-0.4, -0.2) is 24.5 Å². The maximum Gasteiger partial charge on any atom is 0.339 e. The molecule has 6 nitrogen and oxygen atoms in total. The number of benzene rings is 4. The molecule has 5 rings (SSSR count). The minimum absolute atomic E-state index is 0.0235. The van der Waals surface area contributed by atoms with Gasteiger partial charge in [-0.15, -0.1) is 0 Å². The zero-order chi connectivity index (χ0) is 25.3. The molecule has 1 aliphatic rings. The number of rotatable bonds is 6. The number of carbonyl (C=O) groups is 2. The van der Waals surface area contributed by atoms with Crippen LogP contribution in [0.15, 0.2) is 101 Å². The van der Waals surface area contributed by atoms with Crippen LogP contribution in [0.5, 0.6) is 5.75 Å². The molecule has 36 heavy (non-hydrogen) atoms. The molecule has 0 radical (unpaired) electrons. The molecular formula is C28H21NO5S2. The fourth-order valence-corrected chi connectivity index (χ4v) is 5.67. The third-order valence-corrected chi connectivity index (χ3v) is 7.93. The monoisotopic (exact) mass is 515 g/mol. The van der Waals surface area contributed by atoms with Crippen LogP contribution in [0, 0.1) is 6.92 Å². The van der Waals surface area contributed by atoms with Crippen LogP contribution in [0.1, 0.15) is 16.7 Å². The zero-order valence-corrected chi connectivity index (χ0v) is 20.9. The van der Waals surface area contributed by atoms with E-state index in [9.17, 15) is 18.0 Å². The molecule has 0 bridgehead atoms. The molecule has 0 atom stereocenters. The molecule has 0 spiro atoms. The van der Waals surface area contributed by atoms with E-state index in [2.05, 4.69) is 0 Å². The topological polar surface area (TPSA) is 80.8 Å². The summed E-state index contributed by atoms with van der Waals surface area (Å²) in [5, 5.41) is 1.15. The van der Waals surface area contributed by atoms with Crippen LogP contribution in [0.4, 0.5) is 4.79 Å². The number of carbonyl (C=O) groups excluding carboxylic acids is 2. The molecule has 4 aromatic carbocycles. The highest BCUT2D eigenvalue weighted by Gasteiger charge is 2.35. The first-order valence-electron chi connectivity index (χ1n) is 11.1. The van der Waals surface area contributed by atoms with Gasteiger partial charge in [0.1, 0.15) is 4.90 Å². The first kappa shape index (κ1) is 23.8. The summed E-state index contributed by atoms with van der Waals surface area (Å²) in [5.74, 6) is -0.363. The Labute approximate surface area is 213 Å². The van der Waals surface area contributed by atoms with Crippen molar-refractivity contribution in [1.29, 1.82) is 0 Å². The van der Waals surface area contributed by atoms with Gasteiger partial charge in [0.15, 0.2) is 5.75 Å². The predicted octanol–water partition coefficient (Wildman–Crippen LogP) is 6.15. The van der Waals surface area contributed by atoms with E-state index >= 15 is 0 Å². The number of hydrogen-bond acceptors (Lipinski definition) is 6. The van der Waals surface area contributed by atoms with Gasteiger partial charge < -0.3 is 4.18 Å². The molecule has 1 saturated heterocycles. The van der Waals surface area contributed by atoms with Crippen molar-refractivity contribution in [2.45, 2.75) is 18.4 Å². The van der Waals surface area contributed by atoms with E-state index < -0.39 is 16.0 Å². The van der Waals surface area contributed by atoms with Gasteiger partial charge in [-0.3, -0.25) is 14.5 Å². The summed E-state index contributed by atoms with van der Waals surface area (Å²) in [6.45, 7) is 2.02. The molecule has 0 unspecified atom stereocenters. The molecule has 1 aliphatic heterocycles. The molecule has 180 valence electrons. The van der Waals surface area contributed by atoms with E-state index in [0.29, 0.717) is 10.9 Å². The van der Waals surface area contributed by atoms with E-state index in [4.69, 9.17) is 4.18 Å². The van der Waals surface area contributed by atoms with Gasteiger partial charge in [-0.05, 0) is 59.3 Å². The second kappa shape index (κ2) is 9.64. The Balaban J connectivity index is 1.55. The lowest BCUT2D eigenvalue weighted by atomic mass is 10.0. The molecule has 1 fully saturated rings. The molecule has 8 heteroatoms. The van der Waals surface area contributed by atoms with Crippen molar-refractivity contribution in [1.82, 2.24) is 4.90 Å². The Morgan fingerprint density at radius 1 is 0.861 bits per heavy atom. The summed E-state index contributed by atoms with van der Waals surface area (Å²) in [7, 11) is -4.13. The Morgan fingerprint density at radius 3 is 2.31 bits per heavy atom. The summed E-state index contributed by atoms with van der Waals surface area (Å²) < 4.78 is 31.6. The van der Waals surface area contributed by atoms with Gasteiger partial charge in [-0.25, -0.2) is 0 Å². The number of thioether (sulfide) groups is 1. The lowest BCUT2D eigenvalue weighted by molar-refractivity contribution is -0.123. The Bertz CT molecular complexity index is 1610. The molecule has 0 aromatic heterocycles. The maximum atomic E-state index is 13.2. The second-order valence-corrected chi connectivity index (χ2v) is 10.8. The van der Waals surface area contributed by atoms with E-state index in [0.717, 1.165) is 28.3 Å². The van der Waals surface area contributed by atoms with Gasteiger partial charge in [0.05, 0.1) is 11.4 Å². The maximum absolute atomic E-state index is 13.2. The van der Waals surface area contributed by atoms with Crippen molar-refractivity contribution in [2.24, 2.45) is 0 Å². The van der Waals surface area contributed by atoms with Gasteiger partial charge in [-0.2, -0.15) is 8.42 Å². The van der Waals surface area contributed by atoms with Crippen molar-refractivity contribution < 1.29 is 22.2 Å². The van der Waals surface area contributed by atoms with Gasteiger partial charge >= 0.3 is 10.1 Å². The highest BCUT2D eigenvalue weighted by molar-refractivity contribution is 8.18. The first-order valence-corrected chi connectivity index (χ1v) is 13.4. The summed E-state index contributed by atoms with van der Waals surface area (Å²) in [4.78, 5) is 27.3. The minimum atomic E-state index is -4.13. The third kappa shape index (κ3) is 4.78. The van der Waals surface area contributed by atoms with Crippen LogP contribution in [0.2, 0.25) is 0 Å². The third-order valence-electron chi connectivity index (χ3n) is 5.77. The standard InChI is InChI=1S/C28H21NO5S2/c1-19-11-14-22(15-12-19)36(32,33)34-25-16-13-21-9-5-6-10-23(21)24(25)17-26-27(30)29(28(31)35-26)18-20-7-3-2-4-8-20/h2-17H,18H2,1H3/b26-17-. The predicted molar refractivity (Wildman–Crippen MR) is 141 cm³/mol. The minimum Gasteiger partial charge on any atom is -0.378 e.